The smallest absolute Gasteiger partial charge is 0.207 e. The third-order valence-electron chi connectivity index (χ3n) is 2.04. The van der Waals surface area contributed by atoms with E-state index in [1.807, 2.05) is 13.8 Å². The van der Waals surface area contributed by atoms with Crippen molar-refractivity contribution in [3.63, 3.8) is 0 Å². The fourth-order valence-electron chi connectivity index (χ4n) is 1.44. The first-order chi connectivity index (χ1) is 7.82. The van der Waals surface area contributed by atoms with Gasteiger partial charge in [0, 0.05) is 5.56 Å². The van der Waals surface area contributed by atoms with Crippen LogP contribution in [0.4, 0.5) is 17.6 Å². The van der Waals surface area contributed by atoms with E-state index in [-0.39, 0.29) is 17.9 Å². The maximum atomic E-state index is 13.2. The van der Waals surface area contributed by atoms with E-state index in [4.69, 9.17) is 0 Å². The highest BCUT2D eigenvalue weighted by molar-refractivity contribution is 5.31. The first-order valence-corrected chi connectivity index (χ1v) is 5.67. The molecule has 0 aliphatic heterocycles. The molecule has 0 atom stereocenters. The first kappa shape index (κ1) is 15.9. The average Bonchev–Trinajstić information content (AvgIpc) is 2.22. The molecule has 0 saturated carbocycles. The van der Waals surface area contributed by atoms with Gasteiger partial charge in [-0.25, -0.2) is 4.39 Å². The maximum Gasteiger partial charge on any atom is 0.416 e. The van der Waals surface area contributed by atoms with Crippen LogP contribution in [0.1, 0.15) is 38.8 Å². The van der Waals surface area contributed by atoms with Gasteiger partial charge < -0.3 is 0 Å². The number of alkyl halides is 3. The van der Waals surface area contributed by atoms with E-state index < -0.39 is 17.6 Å². The van der Waals surface area contributed by atoms with Crippen LogP contribution in [0.25, 0.3) is 0 Å². The summed E-state index contributed by atoms with van der Waals surface area (Å²) in [5.41, 5.74) is -1.10. The molecule has 0 amide bonds. The Morgan fingerprint density at radius 3 is 2.06 bits per heavy atom. The lowest BCUT2D eigenvalue weighted by molar-refractivity contribution is -0.138. The first-order valence-electron chi connectivity index (χ1n) is 5.67. The second kappa shape index (κ2) is 6.62. The molecular weight excluding hydrogens is 232 g/mol. The standard InChI is InChI=1S/C11H12F4.C2H6/c1-7(2)6-8-9(11(13,14)15)4-3-5-10(8)12;1-2/h3-5,7H,6H2,1-2H3;1-2H3. The summed E-state index contributed by atoms with van der Waals surface area (Å²) in [7, 11) is 0. The molecule has 0 heterocycles. The van der Waals surface area contributed by atoms with Crippen LogP contribution in [-0.2, 0) is 12.6 Å². The molecule has 0 bridgehead atoms. The Balaban J connectivity index is 0.00000121. The van der Waals surface area contributed by atoms with Crippen LogP contribution < -0.4 is 0 Å². The van der Waals surface area contributed by atoms with Gasteiger partial charge in [-0.15, -0.1) is 0 Å². The van der Waals surface area contributed by atoms with Gasteiger partial charge in [0.1, 0.15) is 5.82 Å². The molecule has 98 valence electrons. The molecule has 0 unspecified atom stereocenters. The molecule has 0 radical (unpaired) electrons. The SMILES string of the molecule is CC.CC(C)Cc1c(F)cccc1C(F)(F)F. The summed E-state index contributed by atoms with van der Waals surface area (Å²) in [4.78, 5) is 0. The van der Waals surface area contributed by atoms with E-state index in [0.717, 1.165) is 18.2 Å². The molecule has 17 heavy (non-hydrogen) atoms. The number of hydrogen-bond acceptors (Lipinski definition) is 0. The number of benzene rings is 1. The quantitative estimate of drug-likeness (QED) is 0.643. The van der Waals surface area contributed by atoms with Crippen molar-refractivity contribution in [3.05, 3.63) is 35.1 Å². The lowest BCUT2D eigenvalue weighted by Crippen LogP contribution is -2.12. The largest absolute Gasteiger partial charge is 0.416 e. The number of hydrogen-bond donors (Lipinski definition) is 0. The zero-order chi connectivity index (χ0) is 13.6. The van der Waals surface area contributed by atoms with E-state index in [0.29, 0.717) is 0 Å². The normalized spacial score (nSPS) is 11.1. The fourth-order valence-corrected chi connectivity index (χ4v) is 1.44. The second-order valence-electron chi connectivity index (χ2n) is 3.86. The van der Waals surface area contributed by atoms with Crippen molar-refractivity contribution < 1.29 is 17.6 Å². The van der Waals surface area contributed by atoms with Crippen molar-refractivity contribution in [2.45, 2.75) is 40.3 Å². The average molecular weight is 250 g/mol. The van der Waals surface area contributed by atoms with Crippen LogP contribution in [0, 0.1) is 11.7 Å². The molecule has 0 aliphatic carbocycles. The molecule has 0 aromatic heterocycles. The third-order valence-corrected chi connectivity index (χ3v) is 2.04. The van der Waals surface area contributed by atoms with Crippen molar-refractivity contribution in [1.82, 2.24) is 0 Å². The van der Waals surface area contributed by atoms with Crippen LogP contribution >= 0.6 is 0 Å². The zero-order valence-electron chi connectivity index (χ0n) is 10.5. The van der Waals surface area contributed by atoms with Gasteiger partial charge in [-0.05, 0) is 24.5 Å². The van der Waals surface area contributed by atoms with Crippen LogP contribution in [0.15, 0.2) is 18.2 Å². The monoisotopic (exact) mass is 250 g/mol. The van der Waals surface area contributed by atoms with Crippen molar-refractivity contribution in [1.29, 1.82) is 0 Å². The van der Waals surface area contributed by atoms with Crippen molar-refractivity contribution in [3.8, 4) is 0 Å². The van der Waals surface area contributed by atoms with Gasteiger partial charge in [-0.1, -0.05) is 33.8 Å². The van der Waals surface area contributed by atoms with Gasteiger partial charge in [-0.2, -0.15) is 13.2 Å². The van der Waals surface area contributed by atoms with E-state index in [1.54, 1.807) is 13.8 Å². The lowest BCUT2D eigenvalue weighted by atomic mass is 9.97. The van der Waals surface area contributed by atoms with Crippen LogP contribution in [0.3, 0.4) is 0 Å². The Morgan fingerprint density at radius 2 is 1.65 bits per heavy atom. The Hall–Kier alpha value is -1.06. The summed E-state index contributed by atoms with van der Waals surface area (Å²) in [5, 5.41) is 0. The Bertz CT molecular complexity index is 340. The zero-order valence-corrected chi connectivity index (χ0v) is 10.5. The minimum absolute atomic E-state index is 0.0111. The molecule has 0 aliphatic rings. The van der Waals surface area contributed by atoms with Crippen molar-refractivity contribution in [2.75, 3.05) is 0 Å². The summed E-state index contributed by atoms with van der Waals surface area (Å²) in [6.07, 6.45) is -4.38. The molecule has 1 aromatic rings. The topological polar surface area (TPSA) is 0 Å². The highest BCUT2D eigenvalue weighted by Crippen LogP contribution is 2.33. The highest BCUT2D eigenvalue weighted by Gasteiger charge is 2.34. The molecule has 1 aromatic carbocycles. The number of rotatable bonds is 2. The van der Waals surface area contributed by atoms with Crippen LogP contribution in [0.5, 0.6) is 0 Å². The van der Waals surface area contributed by atoms with Gasteiger partial charge in [0.05, 0.1) is 5.56 Å². The van der Waals surface area contributed by atoms with Gasteiger partial charge in [0.25, 0.3) is 0 Å². The van der Waals surface area contributed by atoms with E-state index >= 15 is 0 Å². The third kappa shape index (κ3) is 4.75. The predicted octanol–water partition coefficient (Wildman–Crippen LogP) is 5.07. The summed E-state index contributed by atoms with van der Waals surface area (Å²) >= 11 is 0. The Kier molecular flexibility index (Phi) is 6.21. The molecule has 0 N–H and O–H groups in total. The summed E-state index contributed by atoms with van der Waals surface area (Å²) in [6, 6.07) is 3.07. The summed E-state index contributed by atoms with van der Waals surface area (Å²) in [6.45, 7) is 7.51. The predicted molar refractivity (Wildman–Crippen MR) is 61.3 cm³/mol. The molecular formula is C13H18F4. The van der Waals surface area contributed by atoms with E-state index in [2.05, 4.69) is 0 Å². The maximum absolute atomic E-state index is 13.2. The van der Waals surface area contributed by atoms with Gasteiger partial charge in [0.15, 0.2) is 0 Å². The number of halogens is 4. The van der Waals surface area contributed by atoms with Gasteiger partial charge in [-0.3, -0.25) is 0 Å². The fraction of sp³-hybridized carbons (Fsp3) is 0.538. The van der Waals surface area contributed by atoms with Crippen molar-refractivity contribution in [2.24, 2.45) is 5.92 Å². The summed E-state index contributed by atoms with van der Waals surface area (Å²) in [5.74, 6) is -0.790. The molecule has 0 nitrogen and oxygen atoms in total. The van der Waals surface area contributed by atoms with E-state index in [1.165, 1.54) is 0 Å². The minimum atomic E-state index is -4.48. The Labute approximate surface area is 99.7 Å². The van der Waals surface area contributed by atoms with Crippen LogP contribution in [0.2, 0.25) is 0 Å². The molecule has 0 fully saturated rings. The van der Waals surface area contributed by atoms with Gasteiger partial charge >= 0.3 is 6.18 Å². The van der Waals surface area contributed by atoms with E-state index in [9.17, 15) is 17.6 Å². The molecule has 1 rings (SSSR count). The Morgan fingerprint density at radius 1 is 1.12 bits per heavy atom. The highest BCUT2D eigenvalue weighted by atomic mass is 19.4. The molecule has 4 heteroatoms. The lowest BCUT2D eigenvalue weighted by Gasteiger charge is -2.14. The van der Waals surface area contributed by atoms with Gasteiger partial charge in [0.2, 0.25) is 0 Å². The molecule has 0 spiro atoms. The second-order valence-corrected chi connectivity index (χ2v) is 3.86. The molecule has 0 saturated heterocycles. The summed E-state index contributed by atoms with van der Waals surface area (Å²) < 4.78 is 50.8. The minimum Gasteiger partial charge on any atom is -0.207 e. The van der Waals surface area contributed by atoms with Crippen LogP contribution in [-0.4, -0.2) is 0 Å². The van der Waals surface area contributed by atoms with Crippen molar-refractivity contribution >= 4 is 0 Å².